The van der Waals surface area contributed by atoms with E-state index in [-0.39, 0.29) is 17.9 Å². The normalized spacial score (nSPS) is 30.0. The number of carbonyl (C=O) groups excluding carboxylic acids is 2. The van der Waals surface area contributed by atoms with Crippen molar-refractivity contribution in [3.8, 4) is 0 Å². The van der Waals surface area contributed by atoms with E-state index in [0.29, 0.717) is 12.4 Å². The van der Waals surface area contributed by atoms with Gasteiger partial charge in [-0.05, 0) is 33.2 Å². The Morgan fingerprint density at radius 3 is 2.86 bits per heavy atom. The van der Waals surface area contributed by atoms with E-state index in [0.717, 1.165) is 31.7 Å². The molecule has 120 valence electrons. The van der Waals surface area contributed by atoms with Gasteiger partial charge < -0.3 is 9.73 Å². The maximum absolute atomic E-state index is 12.4. The third-order valence-electron chi connectivity index (χ3n) is 4.77. The minimum Gasteiger partial charge on any atom is -0.445 e. The van der Waals surface area contributed by atoms with Crippen LogP contribution in [0, 0.1) is 12.8 Å². The van der Waals surface area contributed by atoms with Gasteiger partial charge in [0.1, 0.15) is 11.3 Å². The van der Waals surface area contributed by atoms with Gasteiger partial charge in [0.05, 0.1) is 12.7 Å². The zero-order valence-corrected chi connectivity index (χ0v) is 13.3. The number of likely N-dealkylation sites (tertiary alicyclic amines) is 1. The van der Waals surface area contributed by atoms with Crippen LogP contribution in [0.2, 0.25) is 0 Å². The topological polar surface area (TPSA) is 78.7 Å². The van der Waals surface area contributed by atoms with E-state index in [2.05, 4.69) is 15.2 Å². The highest BCUT2D eigenvalue weighted by Gasteiger charge is 2.51. The average Bonchev–Trinajstić information content (AvgIpc) is 2.98. The van der Waals surface area contributed by atoms with Gasteiger partial charge in [0.25, 0.3) is 5.91 Å². The van der Waals surface area contributed by atoms with Crippen molar-refractivity contribution in [2.24, 2.45) is 5.92 Å². The molecule has 1 aromatic heterocycles. The van der Waals surface area contributed by atoms with E-state index >= 15 is 0 Å². The number of urea groups is 1. The molecule has 2 aliphatic heterocycles. The molecule has 2 fully saturated rings. The number of hydrogen-bond donors (Lipinski definition) is 1. The lowest BCUT2D eigenvalue weighted by Gasteiger charge is -2.39. The van der Waals surface area contributed by atoms with E-state index in [1.54, 1.807) is 6.20 Å². The first-order valence-electron chi connectivity index (χ1n) is 7.64. The number of piperidine rings is 1. The molecule has 0 aliphatic carbocycles. The summed E-state index contributed by atoms with van der Waals surface area (Å²) in [6, 6.07) is -0.312. The molecule has 2 saturated heterocycles. The van der Waals surface area contributed by atoms with Gasteiger partial charge in [0.15, 0.2) is 0 Å². The highest BCUT2D eigenvalue weighted by Crippen LogP contribution is 2.32. The van der Waals surface area contributed by atoms with Crippen molar-refractivity contribution in [1.82, 2.24) is 20.1 Å². The molecule has 0 spiro atoms. The number of aromatic nitrogens is 1. The molecular weight excluding hydrogens is 284 g/mol. The van der Waals surface area contributed by atoms with Gasteiger partial charge in [-0.25, -0.2) is 9.78 Å². The van der Waals surface area contributed by atoms with Crippen molar-refractivity contribution < 1.29 is 14.0 Å². The SMILES string of the molecule is Cc1cnc(CN2CCC[C@@H]([C@]3(C)NC(=O)N(C)C3=O)C2)o1. The molecule has 7 heteroatoms. The molecule has 0 bridgehead atoms. The Labute approximate surface area is 129 Å². The first-order chi connectivity index (χ1) is 10.4. The molecule has 3 heterocycles. The third kappa shape index (κ3) is 2.49. The van der Waals surface area contributed by atoms with E-state index in [4.69, 9.17) is 4.42 Å². The third-order valence-corrected chi connectivity index (χ3v) is 4.77. The summed E-state index contributed by atoms with van der Waals surface area (Å²) in [6.07, 6.45) is 3.64. The van der Waals surface area contributed by atoms with Crippen LogP contribution in [0.5, 0.6) is 0 Å². The van der Waals surface area contributed by atoms with Crippen molar-refractivity contribution >= 4 is 11.9 Å². The second-order valence-electron chi connectivity index (χ2n) is 6.44. The number of nitrogens with zero attached hydrogens (tertiary/aromatic N) is 3. The van der Waals surface area contributed by atoms with Crippen molar-refractivity contribution in [2.45, 2.75) is 38.8 Å². The summed E-state index contributed by atoms with van der Waals surface area (Å²) in [6.45, 7) is 6.04. The average molecular weight is 306 g/mol. The molecule has 22 heavy (non-hydrogen) atoms. The largest absolute Gasteiger partial charge is 0.445 e. The second kappa shape index (κ2) is 5.39. The Balaban J connectivity index is 1.70. The summed E-state index contributed by atoms with van der Waals surface area (Å²) in [7, 11) is 1.53. The number of rotatable bonds is 3. The maximum atomic E-state index is 12.4. The summed E-state index contributed by atoms with van der Waals surface area (Å²) in [5, 5.41) is 2.86. The molecule has 2 atom stereocenters. The Hall–Kier alpha value is -1.89. The fourth-order valence-electron chi connectivity index (χ4n) is 3.41. The number of hydrogen-bond acceptors (Lipinski definition) is 5. The minimum absolute atomic E-state index is 0.0960. The van der Waals surface area contributed by atoms with Crippen LogP contribution in [-0.2, 0) is 11.3 Å². The zero-order valence-electron chi connectivity index (χ0n) is 13.3. The molecule has 3 rings (SSSR count). The summed E-state index contributed by atoms with van der Waals surface area (Å²) in [5.41, 5.74) is -0.809. The monoisotopic (exact) mass is 306 g/mol. The van der Waals surface area contributed by atoms with Crippen LogP contribution in [0.15, 0.2) is 10.6 Å². The smallest absolute Gasteiger partial charge is 0.324 e. The summed E-state index contributed by atoms with van der Waals surface area (Å²) < 4.78 is 5.53. The van der Waals surface area contributed by atoms with Gasteiger partial charge in [-0.1, -0.05) is 0 Å². The number of oxazole rings is 1. The number of amides is 3. The quantitative estimate of drug-likeness (QED) is 0.847. The first kappa shape index (κ1) is 15.0. The minimum atomic E-state index is -0.809. The van der Waals surface area contributed by atoms with Crippen molar-refractivity contribution in [1.29, 1.82) is 0 Å². The second-order valence-corrected chi connectivity index (χ2v) is 6.44. The fourth-order valence-corrected chi connectivity index (χ4v) is 3.41. The maximum Gasteiger partial charge on any atom is 0.324 e. The van der Waals surface area contributed by atoms with E-state index in [9.17, 15) is 9.59 Å². The highest BCUT2D eigenvalue weighted by atomic mass is 16.4. The van der Waals surface area contributed by atoms with Crippen LogP contribution < -0.4 is 5.32 Å². The van der Waals surface area contributed by atoms with Crippen LogP contribution in [0.3, 0.4) is 0 Å². The van der Waals surface area contributed by atoms with Crippen molar-refractivity contribution in [3.63, 3.8) is 0 Å². The van der Waals surface area contributed by atoms with Crippen molar-refractivity contribution in [2.75, 3.05) is 20.1 Å². The lowest BCUT2D eigenvalue weighted by Crippen LogP contribution is -2.55. The number of aryl methyl sites for hydroxylation is 1. The number of likely N-dealkylation sites (N-methyl/N-ethyl adjacent to an activating group) is 1. The molecule has 2 aliphatic rings. The predicted molar refractivity (Wildman–Crippen MR) is 78.9 cm³/mol. The Kier molecular flexibility index (Phi) is 3.68. The molecule has 0 saturated carbocycles. The molecule has 1 N–H and O–H groups in total. The molecule has 0 unspecified atom stereocenters. The van der Waals surface area contributed by atoms with Crippen LogP contribution in [0.1, 0.15) is 31.4 Å². The summed E-state index contributed by atoms with van der Waals surface area (Å²) >= 11 is 0. The summed E-state index contributed by atoms with van der Waals surface area (Å²) in [4.78, 5) is 31.8. The fraction of sp³-hybridized carbons (Fsp3) is 0.667. The van der Waals surface area contributed by atoms with Gasteiger partial charge in [-0.15, -0.1) is 0 Å². The Bertz CT molecular complexity index is 599. The Morgan fingerprint density at radius 2 is 2.27 bits per heavy atom. The van der Waals surface area contributed by atoms with Gasteiger partial charge in [0, 0.05) is 19.5 Å². The van der Waals surface area contributed by atoms with Gasteiger partial charge in [0.2, 0.25) is 5.89 Å². The zero-order chi connectivity index (χ0) is 15.9. The van der Waals surface area contributed by atoms with E-state index in [1.165, 1.54) is 11.9 Å². The number of imide groups is 1. The number of carbonyl (C=O) groups is 2. The standard InChI is InChI=1S/C15H22N4O3/c1-10-7-16-12(22-10)9-19-6-4-5-11(8-19)15(2)13(20)18(3)14(21)17-15/h7,11H,4-6,8-9H2,1-3H3,(H,17,21)/t11-,15+/m1/s1. The molecule has 7 nitrogen and oxygen atoms in total. The predicted octanol–water partition coefficient (Wildman–Crippen LogP) is 1.14. The number of nitrogens with one attached hydrogen (secondary N) is 1. The summed E-state index contributed by atoms with van der Waals surface area (Å²) in [5.74, 6) is 1.45. The van der Waals surface area contributed by atoms with Crippen LogP contribution in [-0.4, -0.2) is 52.4 Å². The lowest BCUT2D eigenvalue weighted by molar-refractivity contribution is -0.132. The lowest BCUT2D eigenvalue weighted by atomic mass is 9.80. The first-order valence-corrected chi connectivity index (χ1v) is 7.64. The van der Waals surface area contributed by atoms with E-state index < -0.39 is 5.54 Å². The van der Waals surface area contributed by atoms with Crippen LogP contribution >= 0.6 is 0 Å². The van der Waals surface area contributed by atoms with Crippen molar-refractivity contribution in [3.05, 3.63) is 17.8 Å². The molecule has 1 aromatic rings. The van der Waals surface area contributed by atoms with Gasteiger partial charge in [-0.2, -0.15) is 0 Å². The van der Waals surface area contributed by atoms with Crippen LogP contribution in [0.4, 0.5) is 4.79 Å². The van der Waals surface area contributed by atoms with E-state index in [1.807, 2.05) is 13.8 Å². The molecular formula is C15H22N4O3. The molecule has 0 radical (unpaired) electrons. The highest BCUT2D eigenvalue weighted by molar-refractivity contribution is 6.06. The van der Waals surface area contributed by atoms with Crippen LogP contribution in [0.25, 0.3) is 0 Å². The van der Waals surface area contributed by atoms with Gasteiger partial charge in [-0.3, -0.25) is 14.6 Å². The molecule has 0 aromatic carbocycles. The molecule has 3 amide bonds. The van der Waals surface area contributed by atoms with Gasteiger partial charge >= 0.3 is 6.03 Å². The Morgan fingerprint density at radius 1 is 1.50 bits per heavy atom.